The van der Waals surface area contributed by atoms with Crippen LogP contribution in [0.25, 0.3) is 22.8 Å². The van der Waals surface area contributed by atoms with Gasteiger partial charge in [0.05, 0.1) is 22.4 Å². The maximum Gasteiger partial charge on any atom is 0.270 e. The molecule has 9 heteroatoms. The molecule has 3 fully saturated rings. The van der Waals surface area contributed by atoms with E-state index in [4.69, 9.17) is 4.52 Å². The average Bonchev–Trinajstić information content (AvgIpc) is 3.58. The summed E-state index contributed by atoms with van der Waals surface area (Å²) < 4.78 is 5.38. The van der Waals surface area contributed by atoms with Crippen LogP contribution >= 0.6 is 0 Å². The number of imide groups is 1. The topological polar surface area (TPSA) is 119 Å². The van der Waals surface area contributed by atoms with Gasteiger partial charge in [0, 0.05) is 23.3 Å². The largest absolute Gasteiger partial charge is 0.334 e. The van der Waals surface area contributed by atoms with Crippen LogP contribution in [0.1, 0.15) is 19.3 Å². The van der Waals surface area contributed by atoms with Crippen molar-refractivity contribution in [1.29, 1.82) is 0 Å². The molecule has 1 saturated heterocycles. The molecule has 2 bridgehead atoms. The lowest BCUT2D eigenvalue weighted by Crippen LogP contribution is -2.32. The third-order valence-electron chi connectivity index (χ3n) is 7.02. The van der Waals surface area contributed by atoms with Crippen LogP contribution in [-0.2, 0) is 9.59 Å². The first kappa shape index (κ1) is 18.9. The van der Waals surface area contributed by atoms with Crippen LogP contribution in [0.2, 0.25) is 0 Å². The first-order chi connectivity index (χ1) is 15.5. The van der Waals surface area contributed by atoms with Crippen molar-refractivity contribution in [2.45, 2.75) is 19.3 Å². The van der Waals surface area contributed by atoms with Gasteiger partial charge in [-0.1, -0.05) is 23.4 Å². The molecular weight excluding hydrogens is 412 g/mol. The summed E-state index contributed by atoms with van der Waals surface area (Å²) in [6.07, 6.45) is 3.05. The van der Waals surface area contributed by atoms with Crippen molar-refractivity contribution in [3.05, 3.63) is 58.6 Å². The smallest absolute Gasteiger partial charge is 0.270 e. The summed E-state index contributed by atoms with van der Waals surface area (Å²) in [5.74, 6) is 0.481. The molecule has 2 saturated carbocycles. The SMILES string of the molecule is O=C1[C@@H]2[C@H]3CC[C@@H](C3)[C@H]2C(=O)N1c1cccc(-c2nc(-c3cccc([N+](=O)[O-])c3)no2)c1. The standard InChI is InChI=1S/C23H18N4O5/c28-22-18-12-7-8-13(9-12)19(18)23(29)26(22)16-5-2-4-15(11-16)21-24-20(25-32-21)14-3-1-6-17(10-14)27(30)31/h1-6,10-13,18-19H,7-9H2/t12-,13-,18+,19+/m0/s1. The van der Waals surface area contributed by atoms with Crippen LogP contribution < -0.4 is 4.90 Å². The first-order valence-electron chi connectivity index (χ1n) is 10.6. The van der Waals surface area contributed by atoms with Gasteiger partial charge in [-0.3, -0.25) is 24.6 Å². The molecule has 1 aliphatic heterocycles. The third-order valence-corrected chi connectivity index (χ3v) is 7.02. The van der Waals surface area contributed by atoms with E-state index in [-0.39, 0.29) is 41.1 Å². The van der Waals surface area contributed by atoms with Gasteiger partial charge >= 0.3 is 0 Å². The van der Waals surface area contributed by atoms with E-state index in [1.165, 1.54) is 17.0 Å². The fourth-order valence-corrected chi connectivity index (χ4v) is 5.66. The summed E-state index contributed by atoms with van der Waals surface area (Å²) in [4.78, 5) is 42.4. The van der Waals surface area contributed by atoms with E-state index < -0.39 is 4.92 Å². The Kier molecular flexibility index (Phi) is 4.01. The van der Waals surface area contributed by atoms with Crippen LogP contribution in [0, 0.1) is 33.8 Å². The average molecular weight is 430 g/mol. The van der Waals surface area contributed by atoms with Gasteiger partial charge < -0.3 is 4.52 Å². The van der Waals surface area contributed by atoms with Crippen LogP contribution in [0.4, 0.5) is 11.4 Å². The number of aromatic nitrogens is 2. The summed E-state index contributed by atoms with van der Waals surface area (Å²) in [6.45, 7) is 0. The number of benzene rings is 2. The van der Waals surface area contributed by atoms with E-state index in [0.717, 1.165) is 19.3 Å². The highest BCUT2D eigenvalue weighted by Gasteiger charge is 2.61. The molecule has 160 valence electrons. The Morgan fingerprint density at radius 1 is 0.969 bits per heavy atom. The molecule has 1 aromatic heterocycles. The monoisotopic (exact) mass is 430 g/mol. The summed E-state index contributed by atoms with van der Waals surface area (Å²) >= 11 is 0. The number of hydrogen-bond acceptors (Lipinski definition) is 7. The number of amides is 2. The van der Waals surface area contributed by atoms with Gasteiger partial charge in [0.2, 0.25) is 17.6 Å². The maximum absolute atomic E-state index is 13.1. The highest BCUT2D eigenvalue weighted by molar-refractivity contribution is 6.22. The minimum atomic E-state index is -0.487. The van der Waals surface area contributed by atoms with Gasteiger partial charge in [-0.05, 0) is 49.3 Å². The molecule has 0 radical (unpaired) electrons. The van der Waals surface area contributed by atoms with Gasteiger partial charge in [0.1, 0.15) is 0 Å². The summed E-state index contributed by atoms with van der Waals surface area (Å²) in [5.41, 5.74) is 1.45. The Bertz CT molecular complexity index is 1260. The number of carbonyl (C=O) groups is 2. The van der Waals surface area contributed by atoms with Crippen molar-refractivity contribution in [2.75, 3.05) is 4.90 Å². The molecule has 9 nitrogen and oxygen atoms in total. The molecule has 4 atom stereocenters. The fraction of sp³-hybridized carbons (Fsp3) is 0.304. The van der Waals surface area contributed by atoms with E-state index in [0.29, 0.717) is 28.7 Å². The van der Waals surface area contributed by atoms with Crippen LogP contribution in [0.3, 0.4) is 0 Å². The van der Waals surface area contributed by atoms with Gasteiger partial charge in [0.25, 0.3) is 11.6 Å². The van der Waals surface area contributed by atoms with Crippen molar-refractivity contribution in [2.24, 2.45) is 23.7 Å². The number of nitro benzene ring substituents is 1. The van der Waals surface area contributed by atoms with Crippen LogP contribution in [0.15, 0.2) is 53.1 Å². The number of hydrogen-bond donors (Lipinski definition) is 0. The van der Waals surface area contributed by atoms with E-state index >= 15 is 0 Å². The summed E-state index contributed by atoms with van der Waals surface area (Å²) in [5, 5.41) is 15.0. The molecule has 3 aliphatic rings. The minimum Gasteiger partial charge on any atom is -0.334 e. The zero-order valence-corrected chi connectivity index (χ0v) is 16.9. The minimum absolute atomic E-state index is 0.0681. The number of non-ortho nitro benzene ring substituents is 1. The van der Waals surface area contributed by atoms with E-state index in [9.17, 15) is 19.7 Å². The van der Waals surface area contributed by atoms with Crippen molar-refractivity contribution >= 4 is 23.2 Å². The second-order valence-electron chi connectivity index (χ2n) is 8.68. The Labute approximate surface area is 182 Å². The molecular formula is C23H18N4O5. The van der Waals surface area contributed by atoms with E-state index in [1.807, 2.05) is 0 Å². The van der Waals surface area contributed by atoms with Crippen molar-refractivity contribution in [1.82, 2.24) is 10.1 Å². The Morgan fingerprint density at radius 2 is 1.66 bits per heavy atom. The highest BCUT2D eigenvalue weighted by Crippen LogP contribution is 2.56. The van der Waals surface area contributed by atoms with Crippen molar-refractivity contribution in [3.8, 4) is 22.8 Å². The van der Waals surface area contributed by atoms with Gasteiger partial charge in [-0.25, -0.2) is 0 Å². The van der Waals surface area contributed by atoms with Gasteiger partial charge in [-0.15, -0.1) is 0 Å². The van der Waals surface area contributed by atoms with E-state index in [2.05, 4.69) is 10.1 Å². The van der Waals surface area contributed by atoms with Gasteiger partial charge in [-0.2, -0.15) is 4.98 Å². The Morgan fingerprint density at radius 3 is 2.38 bits per heavy atom. The van der Waals surface area contributed by atoms with Crippen molar-refractivity contribution in [3.63, 3.8) is 0 Å². The predicted octanol–water partition coefficient (Wildman–Crippen LogP) is 3.85. The predicted molar refractivity (Wildman–Crippen MR) is 112 cm³/mol. The lowest BCUT2D eigenvalue weighted by Gasteiger charge is -2.19. The van der Waals surface area contributed by atoms with Crippen LogP contribution in [0.5, 0.6) is 0 Å². The zero-order valence-electron chi connectivity index (χ0n) is 16.9. The number of nitrogens with zero attached hydrogens (tertiary/aromatic N) is 4. The molecule has 0 N–H and O–H groups in total. The second-order valence-corrected chi connectivity index (χ2v) is 8.68. The number of rotatable bonds is 4. The van der Waals surface area contributed by atoms with E-state index in [1.54, 1.807) is 36.4 Å². The first-order valence-corrected chi connectivity index (χ1v) is 10.6. The number of nitro groups is 1. The molecule has 32 heavy (non-hydrogen) atoms. The molecule has 2 aliphatic carbocycles. The molecule has 0 unspecified atom stereocenters. The Hall–Kier alpha value is -3.88. The number of carbonyl (C=O) groups excluding carboxylic acids is 2. The molecule has 2 heterocycles. The highest BCUT2D eigenvalue weighted by atomic mass is 16.6. The molecule has 3 aromatic rings. The summed E-state index contributed by atoms with van der Waals surface area (Å²) in [6, 6.07) is 12.9. The van der Waals surface area contributed by atoms with Crippen molar-refractivity contribution < 1.29 is 19.0 Å². The maximum atomic E-state index is 13.1. The number of fused-ring (bicyclic) bond motifs is 5. The lowest BCUT2D eigenvalue weighted by molar-refractivity contribution is -0.384. The molecule has 6 rings (SSSR count). The normalized spacial score (nSPS) is 26.1. The molecule has 2 amide bonds. The fourth-order valence-electron chi connectivity index (χ4n) is 5.66. The van der Waals surface area contributed by atoms with Crippen LogP contribution in [-0.4, -0.2) is 26.9 Å². The van der Waals surface area contributed by atoms with Gasteiger partial charge in [0.15, 0.2) is 0 Å². The number of anilines is 1. The zero-order chi connectivity index (χ0) is 22.0. The summed E-state index contributed by atoms with van der Waals surface area (Å²) in [7, 11) is 0. The third kappa shape index (κ3) is 2.70. The molecule has 2 aromatic carbocycles. The Balaban J connectivity index is 1.31. The second kappa shape index (κ2) is 6.81. The molecule has 0 spiro atoms. The lowest BCUT2D eigenvalue weighted by atomic mass is 9.81. The quantitative estimate of drug-likeness (QED) is 0.350.